The van der Waals surface area contributed by atoms with Gasteiger partial charge in [-0.2, -0.15) is 0 Å². The molecule has 0 saturated carbocycles. The Morgan fingerprint density at radius 1 is 1.38 bits per heavy atom. The van der Waals surface area contributed by atoms with Crippen LogP contribution in [0.5, 0.6) is 0 Å². The lowest BCUT2D eigenvalue weighted by Crippen LogP contribution is -2.53. The van der Waals surface area contributed by atoms with Crippen molar-refractivity contribution in [1.29, 1.82) is 0 Å². The first-order chi connectivity index (χ1) is 5.93. The van der Waals surface area contributed by atoms with E-state index in [0.717, 1.165) is 25.8 Å². The van der Waals surface area contributed by atoms with Gasteiger partial charge in [-0.3, -0.25) is 9.69 Å². The molecule has 1 saturated heterocycles. The van der Waals surface area contributed by atoms with E-state index in [1.807, 2.05) is 0 Å². The van der Waals surface area contributed by atoms with Crippen molar-refractivity contribution in [3.05, 3.63) is 0 Å². The van der Waals surface area contributed by atoms with Crippen LogP contribution < -0.4 is 0 Å². The van der Waals surface area contributed by atoms with Crippen molar-refractivity contribution in [2.75, 3.05) is 6.54 Å². The number of carbonyl (C=O) groups is 1. The van der Waals surface area contributed by atoms with Crippen molar-refractivity contribution in [2.45, 2.75) is 51.6 Å². The first-order valence-electron chi connectivity index (χ1n) is 4.92. The summed E-state index contributed by atoms with van der Waals surface area (Å²) in [4.78, 5) is 13.1. The molecule has 0 unspecified atom stereocenters. The summed E-state index contributed by atoms with van der Waals surface area (Å²) in [6.07, 6.45) is 2.97. The van der Waals surface area contributed by atoms with Gasteiger partial charge in [0.15, 0.2) is 0 Å². The number of hydrogen-bond acceptors (Lipinski definition) is 2. The van der Waals surface area contributed by atoms with Crippen LogP contribution in [0, 0.1) is 0 Å². The number of aliphatic carboxylic acids is 1. The van der Waals surface area contributed by atoms with Crippen LogP contribution in [0.2, 0.25) is 0 Å². The van der Waals surface area contributed by atoms with Crippen LogP contribution in [0.1, 0.15) is 40.0 Å². The van der Waals surface area contributed by atoms with Gasteiger partial charge in [0, 0.05) is 5.54 Å². The molecule has 0 amide bonds. The fourth-order valence-corrected chi connectivity index (χ4v) is 1.99. The lowest BCUT2D eigenvalue weighted by Gasteiger charge is -2.42. The molecule has 3 nitrogen and oxygen atoms in total. The zero-order valence-corrected chi connectivity index (χ0v) is 8.71. The zero-order chi connectivity index (χ0) is 10.1. The molecule has 0 radical (unpaired) electrons. The van der Waals surface area contributed by atoms with E-state index >= 15 is 0 Å². The maximum Gasteiger partial charge on any atom is 0.320 e. The smallest absolute Gasteiger partial charge is 0.320 e. The number of nitrogens with zero attached hydrogens (tertiary/aromatic N) is 1. The number of carboxylic acids is 1. The quantitative estimate of drug-likeness (QED) is 0.676. The Morgan fingerprint density at radius 3 is 2.38 bits per heavy atom. The molecule has 1 aliphatic rings. The van der Waals surface area contributed by atoms with Gasteiger partial charge in [-0.1, -0.05) is 6.42 Å². The molecule has 0 aromatic heterocycles. The Morgan fingerprint density at radius 2 is 2.00 bits per heavy atom. The third kappa shape index (κ3) is 2.44. The van der Waals surface area contributed by atoms with Crippen LogP contribution in [0.15, 0.2) is 0 Å². The minimum Gasteiger partial charge on any atom is -0.480 e. The molecule has 0 aromatic rings. The molecule has 76 valence electrons. The summed E-state index contributed by atoms with van der Waals surface area (Å²) in [7, 11) is 0. The van der Waals surface area contributed by atoms with Crippen molar-refractivity contribution in [2.24, 2.45) is 0 Å². The third-order valence-corrected chi connectivity index (χ3v) is 2.65. The highest BCUT2D eigenvalue weighted by atomic mass is 16.4. The predicted octanol–water partition coefficient (Wildman–Crippen LogP) is 1.72. The highest BCUT2D eigenvalue weighted by Crippen LogP contribution is 2.25. The fraction of sp³-hybridized carbons (Fsp3) is 0.900. The Balaban J connectivity index is 2.73. The lowest BCUT2D eigenvalue weighted by molar-refractivity contribution is -0.147. The van der Waals surface area contributed by atoms with Gasteiger partial charge < -0.3 is 5.11 Å². The Bertz CT molecular complexity index is 196. The van der Waals surface area contributed by atoms with Gasteiger partial charge in [0.25, 0.3) is 0 Å². The molecule has 0 aromatic carbocycles. The summed E-state index contributed by atoms with van der Waals surface area (Å²) in [6.45, 7) is 7.15. The molecule has 1 fully saturated rings. The molecule has 1 N–H and O–H groups in total. The molecule has 0 bridgehead atoms. The normalized spacial score (nSPS) is 25.9. The predicted molar refractivity (Wildman–Crippen MR) is 51.7 cm³/mol. The molecule has 1 heterocycles. The van der Waals surface area contributed by atoms with E-state index < -0.39 is 5.97 Å². The molecule has 0 spiro atoms. The van der Waals surface area contributed by atoms with Crippen LogP contribution in [0.25, 0.3) is 0 Å². The highest BCUT2D eigenvalue weighted by molar-refractivity contribution is 5.73. The summed E-state index contributed by atoms with van der Waals surface area (Å²) in [5, 5.41) is 9.03. The summed E-state index contributed by atoms with van der Waals surface area (Å²) < 4.78 is 0. The Hall–Kier alpha value is -0.570. The molecular weight excluding hydrogens is 166 g/mol. The van der Waals surface area contributed by atoms with E-state index in [9.17, 15) is 4.79 Å². The number of piperidine rings is 1. The first-order valence-corrected chi connectivity index (χ1v) is 4.92. The number of carboxylic acid groups (broad SMARTS) is 1. The molecule has 13 heavy (non-hydrogen) atoms. The second-order valence-corrected chi connectivity index (χ2v) is 4.71. The first kappa shape index (κ1) is 10.5. The molecule has 0 aliphatic carbocycles. The molecule has 3 heteroatoms. The van der Waals surface area contributed by atoms with Crippen molar-refractivity contribution in [3.63, 3.8) is 0 Å². The van der Waals surface area contributed by atoms with Crippen molar-refractivity contribution < 1.29 is 9.90 Å². The standard InChI is InChI=1S/C10H19NO2/c1-10(2,3)11-7-5-4-6-8(11)9(12)13/h8H,4-7H2,1-3H3,(H,12,13)/t8-/m1/s1. The van der Waals surface area contributed by atoms with Gasteiger partial charge in [0.2, 0.25) is 0 Å². The largest absolute Gasteiger partial charge is 0.480 e. The van der Waals surface area contributed by atoms with Gasteiger partial charge in [0.05, 0.1) is 0 Å². The SMILES string of the molecule is CC(C)(C)N1CCCC[C@@H]1C(=O)O. The van der Waals surface area contributed by atoms with Crippen molar-refractivity contribution in [3.8, 4) is 0 Å². The zero-order valence-electron chi connectivity index (χ0n) is 8.71. The van der Waals surface area contributed by atoms with E-state index in [1.54, 1.807) is 0 Å². The monoisotopic (exact) mass is 185 g/mol. The summed E-state index contributed by atoms with van der Waals surface area (Å²) in [6, 6.07) is -0.270. The fourth-order valence-electron chi connectivity index (χ4n) is 1.99. The highest BCUT2D eigenvalue weighted by Gasteiger charge is 2.34. The number of rotatable bonds is 1. The van der Waals surface area contributed by atoms with Crippen molar-refractivity contribution >= 4 is 5.97 Å². The van der Waals surface area contributed by atoms with Crippen LogP contribution in [-0.4, -0.2) is 34.1 Å². The Labute approximate surface area is 79.7 Å². The Kier molecular flexibility index (Phi) is 2.96. The van der Waals surface area contributed by atoms with Crippen LogP contribution in [0.3, 0.4) is 0 Å². The van der Waals surface area contributed by atoms with Crippen LogP contribution in [0.4, 0.5) is 0 Å². The number of likely N-dealkylation sites (tertiary alicyclic amines) is 1. The number of hydrogen-bond donors (Lipinski definition) is 1. The van der Waals surface area contributed by atoms with Crippen LogP contribution in [-0.2, 0) is 4.79 Å². The average molecular weight is 185 g/mol. The van der Waals surface area contributed by atoms with Gasteiger partial charge in [-0.15, -0.1) is 0 Å². The minimum atomic E-state index is -0.672. The maximum absolute atomic E-state index is 11.0. The molecular formula is C10H19NO2. The second kappa shape index (κ2) is 3.66. The van der Waals surface area contributed by atoms with E-state index in [-0.39, 0.29) is 11.6 Å². The van der Waals surface area contributed by atoms with E-state index in [2.05, 4.69) is 25.7 Å². The summed E-state index contributed by atoms with van der Waals surface area (Å²) in [5.74, 6) is -0.672. The van der Waals surface area contributed by atoms with E-state index in [4.69, 9.17) is 5.11 Å². The minimum absolute atomic E-state index is 0.0243. The van der Waals surface area contributed by atoms with Gasteiger partial charge in [0.1, 0.15) is 6.04 Å². The summed E-state index contributed by atoms with van der Waals surface area (Å²) in [5.41, 5.74) is -0.0243. The summed E-state index contributed by atoms with van der Waals surface area (Å²) >= 11 is 0. The van der Waals surface area contributed by atoms with Gasteiger partial charge >= 0.3 is 5.97 Å². The average Bonchev–Trinajstić information content (AvgIpc) is 2.03. The molecule has 1 aliphatic heterocycles. The third-order valence-electron chi connectivity index (χ3n) is 2.65. The van der Waals surface area contributed by atoms with Gasteiger partial charge in [-0.25, -0.2) is 0 Å². The topological polar surface area (TPSA) is 40.5 Å². The molecule has 1 atom stereocenters. The lowest BCUT2D eigenvalue weighted by atomic mass is 9.95. The van der Waals surface area contributed by atoms with E-state index in [0.29, 0.717) is 0 Å². The van der Waals surface area contributed by atoms with E-state index in [1.165, 1.54) is 0 Å². The molecule has 1 rings (SSSR count). The second-order valence-electron chi connectivity index (χ2n) is 4.71. The van der Waals surface area contributed by atoms with Crippen LogP contribution >= 0.6 is 0 Å². The maximum atomic E-state index is 11.0. The van der Waals surface area contributed by atoms with Crippen molar-refractivity contribution in [1.82, 2.24) is 4.90 Å². The van der Waals surface area contributed by atoms with Gasteiger partial charge in [-0.05, 0) is 40.2 Å².